The zero-order chi connectivity index (χ0) is 9.14. The minimum atomic E-state index is 0.580. The van der Waals surface area contributed by atoms with Gasteiger partial charge in [0.2, 0.25) is 0 Å². The molecular weight excluding hydrogens is 166 g/mol. The zero-order valence-electron chi connectivity index (χ0n) is 8.29. The molecule has 0 aliphatic heterocycles. The lowest BCUT2D eigenvalue weighted by Crippen LogP contribution is -1.95. The van der Waals surface area contributed by atoms with E-state index in [4.69, 9.17) is 0 Å². The number of rotatable bonds is 3. The van der Waals surface area contributed by atoms with E-state index in [0.29, 0.717) is 11.8 Å². The van der Waals surface area contributed by atoms with Gasteiger partial charge in [0.05, 0.1) is 10.7 Å². The summed E-state index contributed by atoms with van der Waals surface area (Å²) in [4.78, 5) is 4.57. The van der Waals surface area contributed by atoms with Crippen molar-refractivity contribution in [3.63, 3.8) is 0 Å². The van der Waals surface area contributed by atoms with E-state index in [9.17, 15) is 0 Å². The Hall–Kier alpha value is -0.370. The van der Waals surface area contributed by atoms with Crippen LogP contribution in [0.5, 0.6) is 0 Å². The lowest BCUT2D eigenvalue weighted by molar-refractivity contribution is 0.635. The van der Waals surface area contributed by atoms with Crippen LogP contribution in [0.15, 0.2) is 5.38 Å². The Bertz CT molecular complexity index is 238. The van der Waals surface area contributed by atoms with Crippen LogP contribution in [0.4, 0.5) is 0 Å². The molecule has 0 amide bonds. The SMILES string of the molecule is CC(C)Cc1csc(C(C)C)n1. The molecule has 0 spiro atoms. The number of aromatic nitrogens is 1. The molecule has 1 aromatic heterocycles. The fourth-order valence-corrected chi connectivity index (χ4v) is 1.95. The Morgan fingerprint density at radius 2 is 2.00 bits per heavy atom. The smallest absolute Gasteiger partial charge is 0.0953 e. The van der Waals surface area contributed by atoms with E-state index in [0.717, 1.165) is 6.42 Å². The highest BCUT2D eigenvalue weighted by atomic mass is 32.1. The van der Waals surface area contributed by atoms with Crippen LogP contribution in [0.1, 0.15) is 44.3 Å². The molecule has 68 valence electrons. The first-order valence-electron chi connectivity index (χ1n) is 4.54. The van der Waals surface area contributed by atoms with Gasteiger partial charge in [-0.2, -0.15) is 0 Å². The summed E-state index contributed by atoms with van der Waals surface area (Å²) in [5, 5.41) is 3.46. The average Bonchev–Trinajstić information content (AvgIpc) is 2.34. The van der Waals surface area contributed by atoms with Gasteiger partial charge < -0.3 is 0 Å². The van der Waals surface area contributed by atoms with Gasteiger partial charge in [0, 0.05) is 11.3 Å². The molecule has 0 saturated carbocycles. The van der Waals surface area contributed by atoms with Crippen molar-refractivity contribution in [2.75, 3.05) is 0 Å². The van der Waals surface area contributed by atoms with E-state index in [-0.39, 0.29) is 0 Å². The van der Waals surface area contributed by atoms with Crippen molar-refractivity contribution >= 4 is 11.3 Å². The van der Waals surface area contributed by atoms with Gasteiger partial charge in [0.1, 0.15) is 0 Å². The third kappa shape index (κ3) is 2.59. The van der Waals surface area contributed by atoms with E-state index in [1.807, 2.05) is 0 Å². The zero-order valence-corrected chi connectivity index (χ0v) is 9.11. The Morgan fingerprint density at radius 3 is 2.42 bits per heavy atom. The lowest BCUT2D eigenvalue weighted by atomic mass is 10.1. The summed E-state index contributed by atoms with van der Waals surface area (Å²) in [5.74, 6) is 1.29. The second kappa shape index (κ2) is 4.04. The fourth-order valence-electron chi connectivity index (χ4n) is 1.10. The topological polar surface area (TPSA) is 12.9 Å². The largest absolute Gasteiger partial charge is 0.246 e. The Kier molecular flexibility index (Phi) is 3.27. The molecule has 0 aliphatic carbocycles. The minimum absolute atomic E-state index is 0.580. The van der Waals surface area contributed by atoms with E-state index in [1.54, 1.807) is 11.3 Å². The molecule has 0 radical (unpaired) electrons. The van der Waals surface area contributed by atoms with Gasteiger partial charge in [0.15, 0.2) is 0 Å². The monoisotopic (exact) mass is 183 g/mol. The molecule has 0 bridgehead atoms. The van der Waals surface area contributed by atoms with Crippen molar-refractivity contribution in [3.8, 4) is 0 Å². The van der Waals surface area contributed by atoms with Crippen molar-refractivity contribution in [2.24, 2.45) is 5.92 Å². The van der Waals surface area contributed by atoms with E-state index < -0.39 is 0 Å². The molecule has 0 atom stereocenters. The number of hydrogen-bond donors (Lipinski definition) is 0. The molecule has 1 rings (SSSR count). The second-order valence-corrected chi connectivity index (χ2v) is 4.82. The van der Waals surface area contributed by atoms with Crippen LogP contribution in [-0.4, -0.2) is 4.98 Å². The number of nitrogens with zero attached hydrogens (tertiary/aromatic N) is 1. The van der Waals surface area contributed by atoms with Crippen molar-refractivity contribution in [2.45, 2.75) is 40.0 Å². The molecule has 1 aromatic rings. The highest BCUT2D eigenvalue weighted by molar-refractivity contribution is 7.09. The van der Waals surface area contributed by atoms with Crippen molar-refractivity contribution in [3.05, 3.63) is 16.1 Å². The quantitative estimate of drug-likeness (QED) is 0.699. The van der Waals surface area contributed by atoms with Crippen molar-refractivity contribution < 1.29 is 0 Å². The highest BCUT2D eigenvalue weighted by Crippen LogP contribution is 2.20. The van der Waals surface area contributed by atoms with Crippen LogP contribution in [0.2, 0.25) is 0 Å². The summed E-state index contributed by atoms with van der Waals surface area (Å²) in [6.07, 6.45) is 1.11. The first-order valence-corrected chi connectivity index (χ1v) is 5.42. The molecule has 1 heterocycles. The van der Waals surface area contributed by atoms with Gasteiger partial charge >= 0.3 is 0 Å². The highest BCUT2D eigenvalue weighted by Gasteiger charge is 2.06. The van der Waals surface area contributed by atoms with Gasteiger partial charge in [-0.25, -0.2) is 4.98 Å². The maximum Gasteiger partial charge on any atom is 0.0953 e. The summed E-state index contributed by atoms with van der Waals surface area (Å²) in [5.41, 5.74) is 1.26. The molecule has 0 unspecified atom stereocenters. The van der Waals surface area contributed by atoms with Gasteiger partial charge in [-0.15, -0.1) is 11.3 Å². The second-order valence-electron chi connectivity index (χ2n) is 3.93. The summed E-state index contributed by atoms with van der Waals surface area (Å²) in [6, 6.07) is 0. The maximum atomic E-state index is 4.57. The van der Waals surface area contributed by atoms with Crippen LogP contribution < -0.4 is 0 Å². The van der Waals surface area contributed by atoms with E-state index in [1.165, 1.54) is 10.7 Å². The predicted molar refractivity (Wildman–Crippen MR) is 54.7 cm³/mol. The molecule has 0 N–H and O–H groups in total. The summed E-state index contributed by atoms with van der Waals surface area (Å²) in [6.45, 7) is 8.85. The number of hydrogen-bond acceptors (Lipinski definition) is 2. The third-order valence-electron chi connectivity index (χ3n) is 1.68. The molecule has 0 aromatic carbocycles. The standard InChI is InChI=1S/C10H17NS/c1-7(2)5-9-6-12-10(11-9)8(3)4/h6-8H,5H2,1-4H3. The van der Waals surface area contributed by atoms with E-state index >= 15 is 0 Å². The van der Waals surface area contributed by atoms with E-state index in [2.05, 4.69) is 38.1 Å². The van der Waals surface area contributed by atoms with Gasteiger partial charge in [-0.3, -0.25) is 0 Å². The van der Waals surface area contributed by atoms with Crippen LogP contribution in [0, 0.1) is 5.92 Å². The Labute approximate surface area is 78.8 Å². The van der Waals surface area contributed by atoms with Crippen molar-refractivity contribution in [1.82, 2.24) is 4.98 Å². The fraction of sp³-hybridized carbons (Fsp3) is 0.700. The third-order valence-corrected chi connectivity index (χ3v) is 2.87. The molecule has 2 heteroatoms. The summed E-state index contributed by atoms with van der Waals surface area (Å²) >= 11 is 1.79. The molecular formula is C10H17NS. The molecule has 12 heavy (non-hydrogen) atoms. The minimum Gasteiger partial charge on any atom is -0.246 e. The first kappa shape index (κ1) is 9.72. The summed E-state index contributed by atoms with van der Waals surface area (Å²) < 4.78 is 0. The van der Waals surface area contributed by atoms with Crippen molar-refractivity contribution in [1.29, 1.82) is 0 Å². The van der Waals surface area contributed by atoms with Crippen LogP contribution >= 0.6 is 11.3 Å². The molecule has 0 fully saturated rings. The first-order chi connectivity index (χ1) is 5.59. The van der Waals surface area contributed by atoms with Gasteiger partial charge in [0.25, 0.3) is 0 Å². The Morgan fingerprint density at radius 1 is 1.33 bits per heavy atom. The molecule has 1 nitrogen and oxygen atoms in total. The molecule has 0 saturated heterocycles. The van der Waals surface area contributed by atoms with Gasteiger partial charge in [-0.05, 0) is 12.3 Å². The predicted octanol–water partition coefficient (Wildman–Crippen LogP) is 3.47. The summed E-state index contributed by atoms with van der Waals surface area (Å²) in [7, 11) is 0. The van der Waals surface area contributed by atoms with Crippen LogP contribution in [-0.2, 0) is 6.42 Å². The van der Waals surface area contributed by atoms with Gasteiger partial charge in [-0.1, -0.05) is 27.7 Å². The Balaban J connectivity index is 2.64. The lowest BCUT2D eigenvalue weighted by Gasteiger charge is -2.00. The normalized spacial score (nSPS) is 11.5. The van der Waals surface area contributed by atoms with Crippen LogP contribution in [0.25, 0.3) is 0 Å². The maximum absolute atomic E-state index is 4.57. The molecule has 0 aliphatic rings. The number of thiazole rings is 1. The average molecular weight is 183 g/mol. The van der Waals surface area contributed by atoms with Crippen LogP contribution in [0.3, 0.4) is 0 Å².